The summed E-state index contributed by atoms with van der Waals surface area (Å²) >= 11 is 0. The molecule has 0 bridgehead atoms. The molecule has 1 atom stereocenters. The molecule has 0 fully saturated rings. The van der Waals surface area contributed by atoms with Crippen molar-refractivity contribution < 1.29 is 4.79 Å². The van der Waals surface area contributed by atoms with Crippen molar-refractivity contribution in [1.82, 2.24) is 0 Å². The van der Waals surface area contributed by atoms with Gasteiger partial charge in [0.2, 0.25) is 0 Å². The molecule has 0 saturated heterocycles. The van der Waals surface area contributed by atoms with Gasteiger partial charge in [-0.1, -0.05) is 91.0 Å². The van der Waals surface area contributed by atoms with Crippen LogP contribution in [0.5, 0.6) is 0 Å². The summed E-state index contributed by atoms with van der Waals surface area (Å²) in [5, 5.41) is 19.4. The molecule has 0 saturated carbocycles. The molecule has 5 heteroatoms. The lowest BCUT2D eigenvalue weighted by molar-refractivity contribution is -0.112. The lowest BCUT2D eigenvalue weighted by Crippen LogP contribution is -2.18. The summed E-state index contributed by atoms with van der Waals surface area (Å²) in [6, 6.07) is 39.5. The monoisotopic (exact) mass is 468 g/mol. The molecular formula is C31H24N4O. The molecular weight excluding hydrogens is 444 g/mol. The van der Waals surface area contributed by atoms with Crippen molar-refractivity contribution in [1.29, 1.82) is 5.26 Å². The smallest absolute Gasteiger partial charge is 0.266 e. The van der Waals surface area contributed by atoms with Crippen LogP contribution in [0.2, 0.25) is 0 Å². The number of hydrogen-bond donors (Lipinski definition) is 1. The van der Waals surface area contributed by atoms with Gasteiger partial charge in [0.15, 0.2) is 0 Å². The van der Waals surface area contributed by atoms with Gasteiger partial charge in [-0.3, -0.25) is 9.80 Å². The number of benzene rings is 4. The Hall–Kier alpha value is -4.95. The van der Waals surface area contributed by atoms with Gasteiger partial charge in [0.1, 0.15) is 11.6 Å². The summed E-state index contributed by atoms with van der Waals surface area (Å²) in [5.74, 6) is -0.437. The first-order chi connectivity index (χ1) is 17.7. The predicted octanol–water partition coefficient (Wildman–Crippen LogP) is 6.59. The highest BCUT2D eigenvalue weighted by Crippen LogP contribution is 2.36. The Morgan fingerprint density at radius 3 is 2.11 bits per heavy atom. The van der Waals surface area contributed by atoms with Crippen LogP contribution < -0.4 is 10.3 Å². The fourth-order valence-corrected chi connectivity index (χ4v) is 4.25. The first-order valence-corrected chi connectivity index (χ1v) is 11.8. The highest BCUT2D eigenvalue weighted by Gasteiger charge is 2.29. The molecule has 0 radical (unpaired) electrons. The molecule has 5 rings (SSSR count). The van der Waals surface area contributed by atoms with E-state index in [2.05, 4.69) is 34.6 Å². The van der Waals surface area contributed by atoms with Gasteiger partial charge in [-0.15, -0.1) is 0 Å². The van der Waals surface area contributed by atoms with Crippen molar-refractivity contribution in [3.63, 3.8) is 0 Å². The van der Waals surface area contributed by atoms with Crippen LogP contribution in [-0.2, 0) is 4.79 Å². The van der Waals surface area contributed by atoms with Crippen molar-refractivity contribution in [3.8, 4) is 6.07 Å². The van der Waals surface area contributed by atoms with E-state index in [4.69, 9.17) is 5.10 Å². The average Bonchev–Trinajstić information content (AvgIpc) is 3.39. The number of nitriles is 1. The quantitative estimate of drug-likeness (QED) is 0.256. The summed E-state index contributed by atoms with van der Waals surface area (Å²) in [6.45, 7) is 0. The van der Waals surface area contributed by atoms with Crippen LogP contribution in [-0.4, -0.2) is 11.6 Å². The van der Waals surface area contributed by atoms with E-state index in [0.717, 1.165) is 28.9 Å². The highest BCUT2D eigenvalue weighted by atomic mass is 16.1. The Bertz CT molecular complexity index is 1440. The van der Waals surface area contributed by atoms with E-state index in [1.807, 2.05) is 84.9 Å². The fraction of sp³-hybridized carbons (Fsp3) is 0.0645. The second-order valence-corrected chi connectivity index (χ2v) is 8.47. The lowest BCUT2D eigenvalue weighted by Gasteiger charge is -2.24. The van der Waals surface area contributed by atoms with Crippen molar-refractivity contribution in [2.45, 2.75) is 12.5 Å². The molecule has 4 aromatic rings. The SMILES string of the molecule is N#CC(=Cc1ccc(N2N=C(c3ccccc3)CC2c2ccccc2)cc1)C(=O)Nc1ccccc1. The molecule has 0 spiro atoms. The number of nitrogens with zero attached hydrogens (tertiary/aromatic N) is 3. The molecule has 1 heterocycles. The molecule has 1 aliphatic rings. The summed E-state index contributed by atoms with van der Waals surface area (Å²) in [5.41, 5.74) is 5.74. The average molecular weight is 469 g/mol. The van der Waals surface area contributed by atoms with E-state index in [-0.39, 0.29) is 11.6 Å². The molecule has 1 unspecified atom stereocenters. The summed E-state index contributed by atoms with van der Waals surface area (Å²) < 4.78 is 0. The molecule has 1 amide bonds. The minimum atomic E-state index is -0.437. The zero-order chi connectivity index (χ0) is 24.7. The third-order valence-corrected chi connectivity index (χ3v) is 6.07. The number of nitrogens with one attached hydrogen (secondary N) is 1. The maximum Gasteiger partial charge on any atom is 0.266 e. The number of amides is 1. The van der Waals surface area contributed by atoms with Crippen LogP contribution in [0.25, 0.3) is 6.08 Å². The van der Waals surface area contributed by atoms with E-state index in [1.54, 1.807) is 18.2 Å². The van der Waals surface area contributed by atoms with Crippen LogP contribution >= 0.6 is 0 Å². The number of hydrogen-bond acceptors (Lipinski definition) is 4. The van der Waals surface area contributed by atoms with Gasteiger partial charge in [-0.2, -0.15) is 10.4 Å². The van der Waals surface area contributed by atoms with Gasteiger partial charge in [0, 0.05) is 12.1 Å². The van der Waals surface area contributed by atoms with E-state index in [1.165, 1.54) is 5.56 Å². The number of para-hydroxylation sites is 1. The number of carbonyl (C=O) groups is 1. The predicted molar refractivity (Wildman–Crippen MR) is 144 cm³/mol. The van der Waals surface area contributed by atoms with Gasteiger partial charge in [0.05, 0.1) is 17.4 Å². The number of rotatable bonds is 6. The summed E-state index contributed by atoms with van der Waals surface area (Å²) in [7, 11) is 0. The first-order valence-electron chi connectivity index (χ1n) is 11.8. The van der Waals surface area contributed by atoms with E-state index >= 15 is 0 Å². The van der Waals surface area contributed by atoms with Crippen LogP contribution in [0.4, 0.5) is 11.4 Å². The number of hydrazone groups is 1. The van der Waals surface area contributed by atoms with Gasteiger partial charge < -0.3 is 5.32 Å². The molecule has 174 valence electrons. The molecule has 0 aromatic heterocycles. The highest BCUT2D eigenvalue weighted by molar-refractivity contribution is 6.09. The molecule has 36 heavy (non-hydrogen) atoms. The maximum atomic E-state index is 12.6. The first kappa shape index (κ1) is 22.8. The lowest BCUT2D eigenvalue weighted by atomic mass is 9.98. The van der Waals surface area contributed by atoms with Crippen LogP contribution in [0.15, 0.2) is 126 Å². The van der Waals surface area contributed by atoms with E-state index in [9.17, 15) is 10.1 Å². The van der Waals surface area contributed by atoms with E-state index < -0.39 is 5.91 Å². The Morgan fingerprint density at radius 2 is 1.47 bits per heavy atom. The Morgan fingerprint density at radius 1 is 0.861 bits per heavy atom. The van der Waals surface area contributed by atoms with Crippen molar-refractivity contribution in [2.24, 2.45) is 5.10 Å². The number of carbonyl (C=O) groups excluding carboxylic acids is 1. The van der Waals surface area contributed by atoms with E-state index in [0.29, 0.717) is 5.69 Å². The molecule has 5 nitrogen and oxygen atoms in total. The molecule has 1 aliphatic heterocycles. The van der Waals surface area contributed by atoms with Crippen molar-refractivity contribution >= 4 is 29.1 Å². The summed E-state index contributed by atoms with van der Waals surface area (Å²) in [6.07, 6.45) is 2.40. The van der Waals surface area contributed by atoms with Crippen LogP contribution in [0, 0.1) is 11.3 Å². The van der Waals surface area contributed by atoms with Gasteiger partial charge in [-0.25, -0.2) is 0 Å². The van der Waals surface area contributed by atoms with Gasteiger partial charge in [0.25, 0.3) is 5.91 Å². The number of anilines is 2. The summed E-state index contributed by atoms with van der Waals surface area (Å²) in [4.78, 5) is 12.6. The molecule has 4 aromatic carbocycles. The fourth-order valence-electron chi connectivity index (χ4n) is 4.25. The molecule has 0 aliphatic carbocycles. The standard InChI is InChI=1S/C31H24N4O/c32-22-26(31(36)33-27-14-8-3-9-15-27)20-23-16-18-28(19-17-23)35-30(25-12-6-2-7-13-25)21-29(34-35)24-10-4-1-5-11-24/h1-20,30H,21H2,(H,33,36). The third-order valence-electron chi connectivity index (χ3n) is 6.07. The Labute approximate surface area is 210 Å². The zero-order valence-corrected chi connectivity index (χ0v) is 19.6. The molecule has 1 N–H and O–H groups in total. The minimum Gasteiger partial charge on any atom is -0.321 e. The topological polar surface area (TPSA) is 68.5 Å². The van der Waals surface area contributed by atoms with Gasteiger partial charge >= 0.3 is 0 Å². The third kappa shape index (κ3) is 5.08. The Kier molecular flexibility index (Phi) is 6.68. The Balaban J connectivity index is 1.41. The van der Waals surface area contributed by atoms with Crippen molar-refractivity contribution in [3.05, 3.63) is 138 Å². The normalized spacial score (nSPS) is 15.2. The van der Waals surface area contributed by atoms with Crippen LogP contribution in [0.3, 0.4) is 0 Å². The minimum absolute atomic E-state index is 0.0410. The van der Waals surface area contributed by atoms with Crippen molar-refractivity contribution in [2.75, 3.05) is 10.3 Å². The second-order valence-electron chi connectivity index (χ2n) is 8.47. The van der Waals surface area contributed by atoms with Crippen LogP contribution in [0.1, 0.15) is 29.2 Å². The second kappa shape index (κ2) is 10.5. The zero-order valence-electron chi connectivity index (χ0n) is 19.6. The largest absolute Gasteiger partial charge is 0.321 e. The maximum absolute atomic E-state index is 12.6. The van der Waals surface area contributed by atoms with Gasteiger partial charge in [-0.05, 0) is 47.0 Å².